The normalized spacial score (nSPS) is 19.5. The second-order valence-corrected chi connectivity index (χ2v) is 9.37. The van der Waals surface area contributed by atoms with Gasteiger partial charge in [0.2, 0.25) is 0 Å². The highest BCUT2D eigenvalue weighted by molar-refractivity contribution is 5.74. The van der Waals surface area contributed by atoms with Crippen molar-refractivity contribution in [2.45, 2.75) is 38.0 Å². The quantitative estimate of drug-likeness (QED) is 0.535. The second-order valence-electron chi connectivity index (χ2n) is 9.37. The van der Waals surface area contributed by atoms with Crippen molar-refractivity contribution in [3.8, 4) is 17.2 Å². The number of ether oxygens (including phenoxy) is 1. The first kappa shape index (κ1) is 22.3. The number of nitrogens with one attached hydrogen (secondary N) is 1. The van der Waals surface area contributed by atoms with Gasteiger partial charge in [0.25, 0.3) is 0 Å². The number of rotatable bonds is 2. The molecule has 2 aromatic carbocycles. The Kier molecular flexibility index (Phi) is 5.06. The van der Waals surface area contributed by atoms with Gasteiger partial charge in [0.15, 0.2) is 0 Å². The van der Waals surface area contributed by atoms with Gasteiger partial charge in [-0.05, 0) is 31.2 Å². The molecular weight excluding hydrogens is 462 g/mol. The number of phenolic OH excluding ortho intramolecular Hbond substituents is 1. The van der Waals surface area contributed by atoms with E-state index in [1.165, 1.54) is 13.9 Å². The van der Waals surface area contributed by atoms with Crippen molar-refractivity contribution in [2.24, 2.45) is 0 Å². The number of allylic oxidation sites excluding steroid dienone is 1. The average Bonchev–Trinajstić information content (AvgIpc) is 3.14. The zero-order valence-electron chi connectivity index (χ0n) is 19.9. The molecule has 1 atom stereocenters. The van der Waals surface area contributed by atoms with E-state index in [9.17, 15) is 19.5 Å². The van der Waals surface area contributed by atoms with Gasteiger partial charge in [-0.15, -0.1) is 0 Å². The van der Waals surface area contributed by atoms with Crippen LogP contribution in [0.3, 0.4) is 0 Å². The molecule has 186 valence electrons. The third-order valence-electron chi connectivity index (χ3n) is 7.41. The molecule has 2 amide bonds. The number of hydrogen-bond acceptors (Lipinski definition) is 5. The fourth-order valence-corrected chi connectivity index (χ4v) is 5.70. The Morgan fingerprint density at radius 2 is 1.86 bits per heavy atom. The minimum atomic E-state index is -0.760. The summed E-state index contributed by atoms with van der Waals surface area (Å²) in [6.07, 6.45) is 3.04. The number of carbonyl (C=O) groups is 1. The van der Waals surface area contributed by atoms with Crippen LogP contribution in [0.5, 0.6) is 11.5 Å². The molecule has 3 aromatic rings. The third-order valence-corrected chi connectivity index (χ3v) is 7.41. The number of aromatic nitrogens is 3. The molecule has 1 unspecified atom stereocenters. The van der Waals surface area contributed by atoms with Crippen LogP contribution in [0.4, 0.5) is 4.79 Å². The van der Waals surface area contributed by atoms with Crippen molar-refractivity contribution in [2.75, 3.05) is 19.6 Å². The number of para-hydroxylation sites is 1. The summed E-state index contributed by atoms with van der Waals surface area (Å²) in [5, 5.41) is 13.1. The summed E-state index contributed by atoms with van der Waals surface area (Å²) in [6.45, 7) is 3.63. The molecule has 1 spiro atoms. The molecule has 10 nitrogen and oxygen atoms in total. The molecule has 3 aliphatic rings. The van der Waals surface area contributed by atoms with Gasteiger partial charge < -0.3 is 20.1 Å². The summed E-state index contributed by atoms with van der Waals surface area (Å²) in [6, 6.07) is 13.1. The van der Waals surface area contributed by atoms with Crippen molar-refractivity contribution in [3.63, 3.8) is 0 Å². The molecule has 0 bridgehead atoms. The number of fused-ring (bicyclic) bond motifs is 6. The van der Waals surface area contributed by atoms with Gasteiger partial charge >= 0.3 is 17.4 Å². The number of benzene rings is 2. The predicted octanol–water partition coefficient (Wildman–Crippen LogP) is 1.99. The fourth-order valence-electron chi connectivity index (χ4n) is 5.70. The van der Waals surface area contributed by atoms with E-state index in [1.807, 2.05) is 19.1 Å². The SMILES string of the molecule is CCNC(=O)N1CCC2(CC1)Oc1cc(O)ccc1C1C2=CCn2c(=O)n(-c3ccccc3)c(=O)n21. The molecule has 1 saturated heterocycles. The first-order valence-corrected chi connectivity index (χ1v) is 12.2. The van der Waals surface area contributed by atoms with Crippen LogP contribution in [0.2, 0.25) is 0 Å². The molecule has 3 aliphatic heterocycles. The maximum absolute atomic E-state index is 13.8. The number of phenols is 1. The summed E-state index contributed by atoms with van der Waals surface area (Å²) in [7, 11) is 0. The number of hydrogen-bond donors (Lipinski definition) is 2. The molecule has 1 fully saturated rings. The summed E-state index contributed by atoms with van der Waals surface area (Å²) < 4.78 is 10.7. The van der Waals surface area contributed by atoms with Gasteiger partial charge in [0, 0.05) is 49.7 Å². The zero-order valence-corrected chi connectivity index (χ0v) is 19.9. The van der Waals surface area contributed by atoms with E-state index >= 15 is 0 Å². The van der Waals surface area contributed by atoms with Crippen LogP contribution in [-0.2, 0) is 6.54 Å². The number of urea groups is 1. The van der Waals surface area contributed by atoms with Crippen LogP contribution in [0.15, 0.2) is 69.8 Å². The van der Waals surface area contributed by atoms with E-state index in [1.54, 1.807) is 47.4 Å². The number of aromatic hydroxyl groups is 1. The van der Waals surface area contributed by atoms with Gasteiger partial charge in [0.1, 0.15) is 23.1 Å². The minimum Gasteiger partial charge on any atom is -0.508 e. The Morgan fingerprint density at radius 1 is 1.11 bits per heavy atom. The smallest absolute Gasteiger partial charge is 0.352 e. The van der Waals surface area contributed by atoms with Gasteiger partial charge in [-0.3, -0.25) is 0 Å². The lowest BCUT2D eigenvalue weighted by molar-refractivity contribution is 0.0215. The fraction of sp³-hybridized carbons (Fsp3) is 0.346. The maximum Gasteiger partial charge on any atom is 0.352 e. The first-order valence-electron chi connectivity index (χ1n) is 12.2. The highest BCUT2D eigenvalue weighted by Gasteiger charge is 2.50. The Morgan fingerprint density at radius 3 is 2.58 bits per heavy atom. The molecule has 10 heteroatoms. The first-order chi connectivity index (χ1) is 17.4. The van der Waals surface area contributed by atoms with Crippen molar-refractivity contribution >= 4 is 6.03 Å². The third kappa shape index (κ3) is 3.20. The Hall–Kier alpha value is -4.21. The Labute approximate surface area is 206 Å². The number of amides is 2. The lowest BCUT2D eigenvalue weighted by atomic mass is 9.75. The Balaban J connectivity index is 1.49. The zero-order chi connectivity index (χ0) is 25.0. The highest BCUT2D eigenvalue weighted by Crippen LogP contribution is 2.50. The molecule has 0 radical (unpaired) electrons. The lowest BCUT2D eigenvalue weighted by Gasteiger charge is -2.49. The summed E-state index contributed by atoms with van der Waals surface area (Å²) in [4.78, 5) is 41.3. The van der Waals surface area contributed by atoms with Crippen molar-refractivity contribution < 1.29 is 14.6 Å². The number of likely N-dealkylation sites (tertiary alicyclic amines) is 1. The van der Waals surface area contributed by atoms with Crippen molar-refractivity contribution in [1.29, 1.82) is 0 Å². The molecule has 0 saturated carbocycles. The summed E-state index contributed by atoms with van der Waals surface area (Å²) >= 11 is 0. The largest absolute Gasteiger partial charge is 0.508 e. The number of nitrogens with zero attached hydrogens (tertiary/aromatic N) is 4. The van der Waals surface area contributed by atoms with Gasteiger partial charge in [-0.1, -0.05) is 24.3 Å². The van der Waals surface area contributed by atoms with Crippen LogP contribution in [0.25, 0.3) is 5.69 Å². The molecular formula is C26H27N5O5. The maximum atomic E-state index is 13.8. The molecule has 4 heterocycles. The van der Waals surface area contributed by atoms with E-state index in [0.29, 0.717) is 49.5 Å². The average molecular weight is 490 g/mol. The molecule has 0 aliphatic carbocycles. The van der Waals surface area contributed by atoms with Crippen LogP contribution in [-0.4, -0.2) is 55.2 Å². The van der Waals surface area contributed by atoms with Crippen molar-refractivity contribution in [1.82, 2.24) is 24.1 Å². The summed E-state index contributed by atoms with van der Waals surface area (Å²) in [5.41, 5.74) is 0.516. The highest BCUT2D eigenvalue weighted by atomic mass is 16.5. The van der Waals surface area contributed by atoms with Gasteiger partial charge in [-0.2, -0.15) is 0 Å². The van der Waals surface area contributed by atoms with Crippen LogP contribution < -0.4 is 21.4 Å². The van der Waals surface area contributed by atoms with E-state index in [-0.39, 0.29) is 18.3 Å². The predicted molar refractivity (Wildman–Crippen MR) is 132 cm³/mol. The molecule has 36 heavy (non-hydrogen) atoms. The van der Waals surface area contributed by atoms with Crippen LogP contribution in [0.1, 0.15) is 31.4 Å². The standard InChI is InChI=1S/C26H27N5O5/c1-2-27-23(33)28-14-11-26(12-15-28)20-10-13-29-24(34)30(17-6-4-3-5-7-17)25(35)31(29)22(20)19-9-8-18(32)16-21(19)36-26/h3-10,16,22,32H,2,11-15H2,1H3,(H,27,33). The van der Waals surface area contributed by atoms with E-state index in [2.05, 4.69) is 5.32 Å². The van der Waals surface area contributed by atoms with Crippen molar-refractivity contribution in [3.05, 3.63) is 86.7 Å². The van der Waals surface area contributed by atoms with Gasteiger partial charge in [-0.25, -0.2) is 28.3 Å². The summed E-state index contributed by atoms with van der Waals surface area (Å²) in [5.74, 6) is 0.530. The van der Waals surface area contributed by atoms with E-state index in [0.717, 1.165) is 5.57 Å². The minimum absolute atomic E-state index is 0.0542. The molecule has 6 rings (SSSR count). The lowest BCUT2D eigenvalue weighted by Crippen LogP contribution is -2.56. The topological polar surface area (TPSA) is 111 Å². The second kappa shape index (κ2) is 8.18. The molecule has 1 aromatic heterocycles. The van der Waals surface area contributed by atoms with E-state index < -0.39 is 23.0 Å². The van der Waals surface area contributed by atoms with Crippen LogP contribution in [0, 0.1) is 0 Å². The van der Waals surface area contributed by atoms with Crippen LogP contribution >= 0.6 is 0 Å². The Bertz CT molecular complexity index is 1490. The van der Waals surface area contributed by atoms with E-state index in [4.69, 9.17) is 4.74 Å². The number of piperidine rings is 1. The molecule has 2 N–H and O–H groups in total. The monoisotopic (exact) mass is 489 g/mol. The van der Waals surface area contributed by atoms with Gasteiger partial charge in [0.05, 0.1) is 12.2 Å². The number of carbonyl (C=O) groups excluding carboxylic acids is 1.